The van der Waals surface area contributed by atoms with Crippen molar-refractivity contribution in [3.8, 4) is 11.5 Å². The molecule has 0 bridgehead atoms. The van der Waals surface area contributed by atoms with Crippen molar-refractivity contribution < 1.29 is 24.1 Å². The van der Waals surface area contributed by atoms with Crippen molar-refractivity contribution >= 4 is 5.97 Å². The van der Waals surface area contributed by atoms with E-state index in [0.717, 1.165) is 42.7 Å². The van der Waals surface area contributed by atoms with Crippen LogP contribution in [0.1, 0.15) is 37.2 Å². The van der Waals surface area contributed by atoms with Gasteiger partial charge in [-0.1, -0.05) is 6.07 Å². The van der Waals surface area contributed by atoms with Crippen molar-refractivity contribution in [3.63, 3.8) is 0 Å². The highest BCUT2D eigenvalue weighted by atomic mass is 16.5. The van der Waals surface area contributed by atoms with E-state index < -0.39 is 5.97 Å². The van der Waals surface area contributed by atoms with Gasteiger partial charge in [-0.3, -0.25) is 4.79 Å². The van der Waals surface area contributed by atoms with E-state index in [4.69, 9.17) is 19.3 Å². The Kier molecular flexibility index (Phi) is 6.07. The lowest BCUT2D eigenvalue weighted by Gasteiger charge is -2.28. The van der Waals surface area contributed by atoms with E-state index in [1.54, 1.807) is 14.2 Å². The van der Waals surface area contributed by atoms with Gasteiger partial charge in [0.05, 0.1) is 19.6 Å². The molecule has 1 saturated carbocycles. The highest BCUT2D eigenvalue weighted by Crippen LogP contribution is 2.40. The van der Waals surface area contributed by atoms with Gasteiger partial charge >= 0.3 is 5.97 Å². The lowest BCUT2D eigenvalue weighted by atomic mass is 9.78. The van der Waals surface area contributed by atoms with Gasteiger partial charge in [-0.05, 0) is 43.2 Å². The van der Waals surface area contributed by atoms with E-state index in [2.05, 4.69) is 0 Å². The van der Waals surface area contributed by atoms with Crippen LogP contribution < -0.4 is 9.47 Å². The number of ether oxygens (including phenoxy) is 3. The van der Waals surface area contributed by atoms with Gasteiger partial charge in [-0.2, -0.15) is 0 Å². The number of hydrogen-bond donors (Lipinski definition) is 1. The van der Waals surface area contributed by atoms with Crippen molar-refractivity contribution in [2.45, 2.75) is 31.6 Å². The first-order valence-electron chi connectivity index (χ1n) is 7.68. The average molecular weight is 308 g/mol. The van der Waals surface area contributed by atoms with Gasteiger partial charge in [0, 0.05) is 13.2 Å². The Morgan fingerprint density at radius 3 is 2.50 bits per heavy atom. The van der Waals surface area contributed by atoms with Crippen LogP contribution in [0.4, 0.5) is 0 Å². The standard InChI is InChI=1S/C17H24O5/c1-20-9-10-22-16-11-14(21-2)7-8-15(16)12-3-5-13(6-4-12)17(18)19/h7-8,11-13H,3-6,9-10H2,1-2H3,(H,18,19). The summed E-state index contributed by atoms with van der Waals surface area (Å²) in [6.45, 7) is 1.02. The molecule has 0 aliphatic heterocycles. The third-order valence-electron chi connectivity index (χ3n) is 4.28. The summed E-state index contributed by atoms with van der Waals surface area (Å²) in [6, 6.07) is 5.86. The maximum atomic E-state index is 11.1. The molecule has 0 heterocycles. The van der Waals surface area contributed by atoms with E-state index in [1.807, 2.05) is 18.2 Å². The summed E-state index contributed by atoms with van der Waals surface area (Å²) in [5.41, 5.74) is 1.14. The zero-order valence-corrected chi connectivity index (χ0v) is 13.2. The summed E-state index contributed by atoms with van der Waals surface area (Å²) in [7, 11) is 3.27. The Bertz CT molecular complexity index is 492. The zero-order valence-electron chi connectivity index (χ0n) is 13.2. The number of carboxylic acids is 1. The predicted molar refractivity (Wildman–Crippen MR) is 82.7 cm³/mol. The molecule has 1 aliphatic carbocycles. The van der Waals surface area contributed by atoms with Crippen LogP contribution in [-0.4, -0.2) is 38.5 Å². The summed E-state index contributed by atoms with van der Waals surface area (Å²) < 4.78 is 16.1. The lowest BCUT2D eigenvalue weighted by Crippen LogP contribution is -2.21. The fraction of sp³-hybridized carbons (Fsp3) is 0.588. The second-order valence-corrected chi connectivity index (χ2v) is 5.63. The molecule has 0 aromatic heterocycles. The minimum absolute atomic E-state index is 0.202. The maximum absolute atomic E-state index is 11.1. The van der Waals surface area contributed by atoms with Crippen molar-refractivity contribution in [1.29, 1.82) is 0 Å². The van der Waals surface area contributed by atoms with Crippen LogP contribution >= 0.6 is 0 Å². The molecule has 1 aliphatic rings. The van der Waals surface area contributed by atoms with E-state index in [9.17, 15) is 4.79 Å². The summed E-state index contributed by atoms with van der Waals surface area (Å²) in [4.78, 5) is 11.1. The molecule has 2 rings (SSSR count). The highest BCUT2D eigenvalue weighted by Gasteiger charge is 2.28. The first-order chi connectivity index (χ1) is 10.7. The Labute approximate surface area is 131 Å². The topological polar surface area (TPSA) is 65.0 Å². The Morgan fingerprint density at radius 1 is 1.18 bits per heavy atom. The third kappa shape index (κ3) is 4.13. The van der Waals surface area contributed by atoms with Gasteiger partial charge in [0.25, 0.3) is 0 Å². The number of carbonyl (C=O) groups is 1. The minimum atomic E-state index is -0.676. The van der Waals surface area contributed by atoms with Crippen LogP contribution in [0, 0.1) is 5.92 Å². The molecule has 0 atom stereocenters. The predicted octanol–water partition coefficient (Wildman–Crippen LogP) is 3.08. The molecule has 0 unspecified atom stereocenters. The van der Waals surface area contributed by atoms with Crippen LogP contribution in [0.25, 0.3) is 0 Å². The number of rotatable bonds is 7. The van der Waals surface area contributed by atoms with E-state index in [-0.39, 0.29) is 5.92 Å². The first kappa shape index (κ1) is 16.6. The average Bonchev–Trinajstić information content (AvgIpc) is 2.55. The smallest absolute Gasteiger partial charge is 0.306 e. The number of hydrogen-bond acceptors (Lipinski definition) is 4. The molecule has 5 nitrogen and oxygen atoms in total. The van der Waals surface area contributed by atoms with Gasteiger partial charge in [-0.15, -0.1) is 0 Å². The molecule has 22 heavy (non-hydrogen) atoms. The third-order valence-corrected chi connectivity index (χ3v) is 4.28. The number of carboxylic acid groups (broad SMARTS) is 1. The fourth-order valence-electron chi connectivity index (χ4n) is 2.99. The Hall–Kier alpha value is -1.75. The van der Waals surface area contributed by atoms with E-state index in [1.165, 1.54) is 0 Å². The molecular formula is C17H24O5. The fourth-order valence-corrected chi connectivity index (χ4v) is 2.99. The van der Waals surface area contributed by atoms with Crippen LogP contribution in [0.2, 0.25) is 0 Å². The summed E-state index contributed by atoms with van der Waals surface area (Å²) in [5, 5.41) is 9.11. The van der Waals surface area contributed by atoms with Crippen molar-refractivity contribution in [1.82, 2.24) is 0 Å². The molecule has 1 N–H and O–H groups in total. The molecule has 5 heteroatoms. The first-order valence-corrected chi connectivity index (χ1v) is 7.68. The van der Waals surface area contributed by atoms with Gasteiger partial charge in [-0.25, -0.2) is 0 Å². The SMILES string of the molecule is COCCOc1cc(OC)ccc1C1CCC(C(=O)O)CC1. The number of methoxy groups -OCH3 is 2. The highest BCUT2D eigenvalue weighted by molar-refractivity contribution is 5.70. The quantitative estimate of drug-likeness (QED) is 0.784. The molecule has 1 aromatic carbocycles. The van der Waals surface area contributed by atoms with Gasteiger partial charge in [0.15, 0.2) is 0 Å². The van der Waals surface area contributed by atoms with Gasteiger partial charge < -0.3 is 19.3 Å². The minimum Gasteiger partial charge on any atom is -0.497 e. The van der Waals surface area contributed by atoms with Crippen molar-refractivity contribution in [2.75, 3.05) is 27.4 Å². The maximum Gasteiger partial charge on any atom is 0.306 e. The second-order valence-electron chi connectivity index (χ2n) is 5.63. The van der Waals surface area contributed by atoms with Gasteiger partial charge in [0.2, 0.25) is 0 Å². The summed E-state index contributed by atoms with van der Waals surface area (Å²) >= 11 is 0. The Morgan fingerprint density at radius 2 is 1.91 bits per heavy atom. The van der Waals surface area contributed by atoms with E-state index >= 15 is 0 Å². The molecule has 122 valence electrons. The number of aliphatic carboxylic acids is 1. The zero-order chi connectivity index (χ0) is 15.9. The normalized spacial score (nSPS) is 21.4. The van der Waals surface area contributed by atoms with Gasteiger partial charge in [0.1, 0.15) is 18.1 Å². The lowest BCUT2D eigenvalue weighted by molar-refractivity contribution is -0.142. The van der Waals surface area contributed by atoms with Crippen LogP contribution in [0.3, 0.4) is 0 Å². The molecule has 0 amide bonds. The molecule has 0 saturated heterocycles. The second kappa shape index (κ2) is 8.03. The molecular weight excluding hydrogens is 284 g/mol. The molecule has 0 spiro atoms. The van der Waals surface area contributed by atoms with Crippen molar-refractivity contribution in [3.05, 3.63) is 23.8 Å². The molecule has 1 aromatic rings. The van der Waals surface area contributed by atoms with Crippen LogP contribution in [-0.2, 0) is 9.53 Å². The summed E-state index contributed by atoms with van der Waals surface area (Å²) in [6.07, 6.45) is 3.21. The summed E-state index contributed by atoms with van der Waals surface area (Å²) in [5.74, 6) is 1.04. The van der Waals surface area contributed by atoms with Crippen LogP contribution in [0.15, 0.2) is 18.2 Å². The van der Waals surface area contributed by atoms with Crippen LogP contribution in [0.5, 0.6) is 11.5 Å². The molecule has 1 fully saturated rings. The number of benzene rings is 1. The Balaban J connectivity index is 2.10. The molecule has 0 radical (unpaired) electrons. The van der Waals surface area contributed by atoms with Crippen molar-refractivity contribution in [2.24, 2.45) is 5.92 Å². The monoisotopic (exact) mass is 308 g/mol. The largest absolute Gasteiger partial charge is 0.497 e. The van der Waals surface area contributed by atoms with E-state index in [0.29, 0.717) is 19.1 Å².